The van der Waals surface area contributed by atoms with E-state index < -0.39 is 25.0 Å². The molecule has 0 saturated heterocycles. The molecule has 1 amide bonds. The molecule has 0 aliphatic heterocycles. The van der Waals surface area contributed by atoms with Gasteiger partial charge in [-0.3, -0.25) is 9.89 Å². The third-order valence-corrected chi connectivity index (χ3v) is 2.90. The standard InChI is InChI=1S/C14H14F3N3O/c15-14(16,17)7-9-20(10-11-4-2-1-3-5-11)13(21)12-6-8-18-19-12/h1-6,8H,7,9-10H2,(H,18,19). The maximum Gasteiger partial charge on any atom is 0.390 e. The highest BCUT2D eigenvalue weighted by Crippen LogP contribution is 2.21. The number of carbonyl (C=O) groups is 1. The van der Waals surface area contributed by atoms with Crippen molar-refractivity contribution < 1.29 is 18.0 Å². The van der Waals surface area contributed by atoms with Gasteiger partial charge in [-0.2, -0.15) is 18.3 Å². The van der Waals surface area contributed by atoms with Crippen molar-refractivity contribution in [2.45, 2.75) is 19.1 Å². The third kappa shape index (κ3) is 4.62. The summed E-state index contributed by atoms with van der Waals surface area (Å²) in [6.45, 7) is -0.273. The highest BCUT2D eigenvalue weighted by molar-refractivity contribution is 5.92. The molecule has 2 rings (SSSR count). The molecular weight excluding hydrogens is 283 g/mol. The van der Waals surface area contributed by atoms with Gasteiger partial charge in [0.2, 0.25) is 0 Å². The number of H-pyrrole nitrogens is 1. The van der Waals surface area contributed by atoms with Crippen molar-refractivity contribution in [1.82, 2.24) is 15.1 Å². The van der Waals surface area contributed by atoms with E-state index in [0.717, 1.165) is 10.5 Å². The zero-order valence-corrected chi connectivity index (χ0v) is 11.1. The lowest BCUT2D eigenvalue weighted by Gasteiger charge is -2.23. The topological polar surface area (TPSA) is 49.0 Å². The van der Waals surface area contributed by atoms with E-state index in [0.29, 0.717) is 0 Å². The van der Waals surface area contributed by atoms with Crippen molar-refractivity contribution >= 4 is 5.91 Å². The Morgan fingerprint density at radius 2 is 1.90 bits per heavy atom. The smallest absolute Gasteiger partial charge is 0.333 e. The molecule has 0 bridgehead atoms. The van der Waals surface area contributed by atoms with E-state index in [9.17, 15) is 18.0 Å². The highest BCUT2D eigenvalue weighted by atomic mass is 19.4. The number of aromatic nitrogens is 2. The molecule has 0 radical (unpaired) electrons. The fraction of sp³-hybridized carbons (Fsp3) is 0.286. The number of nitrogens with one attached hydrogen (secondary N) is 1. The number of nitrogens with zero attached hydrogens (tertiary/aromatic N) is 2. The van der Waals surface area contributed by atoms with Gasteiger partial charge in [0, 0.05) is 19.3 Å². The van der Waals surface area contributed by atoms with Crippen LogP contribution in [0.4, 0.5) is 13.2 Å². The largest absolute Gasteiger partial charge is 0.390 e. The Labute approximate surface area is 119 Å². The molecule has 0 unspecified atom stereocenters. The summed E-state index contributed by atoms with van der Waals surface area (Å²) in [5.74, 6) is -0.499. The quantitative estimate of drug-likeness (QED) is 0.922. The van der Waals surface area contributed by atoms with E-state index in [1.807, 2.05) is 0 Å². The summed E-state index contributed by atoms with van der Waals surface area (Å²) in [5.41, 5.74) is 0.945. The van der Waals surface area contributed by atoms with Crippen molar-refractivity contribution in [1.29, 1.82) is 0 Å². The van der Waals surface area contributed by atoms with Crippen LogP contribution in [0.2, 0.25) is 0 Å². The van der Waals surface area contributed by atoms with Crippen LogP contribution in [0.5, 0.6) is 0 Å². The van der Waals surface area contributed by atoms with Gasteiger partial charge in [-0.1, -0.05) is 30.3 Å². The van der Waals surface area contributed by atoms with Crippen LogP contribution in [0, 0.1) is 0 Å². The fourth-order valence-electron chi connectivity index (χ4n) is 1.86. The Kier molecular flexibility index (Phi) is 4.62. The fourth-order valence-corrected chi connectivity index (χ4v) is 1.86. The highest BCUT2D eigenvalue weighted by Gasteiger charge is 2.29. The van der Waals surface area contributed by atoms with Gasteiger partial charge in [-0.15, -0.1) is 0 Å². The number of amides is 1. The lowest BCUT2D eigenvalue weighted by molar-refractivity contribution is -0.136. The normalized spacial score (nSPS) is 11.4. The minimum atomic E-state index is -4.30. The first-order valence-electron chi connectivity index (χ1n) is 6.35. The first-order valence-corrected chi connectivity index (χ1v) is 6.35. The maximum atomic E-state index is 12.4. The van der Waals surface area contributed by atoms with Crippen LogP contribution in [0.1, 0.15) is 22.5 Å². The molecule has 112 valence electrons. The zero-order valence-electron chi connectivity index (χ0n) is 11.1. The number of rotatable bonds is 5. The Morgan fingerprint density at radius 3 is 2.48 bits per heavy atom. The van der Waals surface area contributed by atoms with E-state index in [-0.39, 0.29) is 12.2 Å². The summed E-state index contributed by atoms with van der Waals surface area (Å²) in [7, 11) is 0. The summed E-state index contributed by atoms with van der Waals surface area (Å²) in [6, 6.07) is 10.3. The monoisotopic (exact) mass is 297 g/mol. The van der Waals surface area contributed by atoms with Crippen molar-refractivity contribution in [2.24, 2.45) is 0 Å². The number of benzene rings is 1. The molecule has 0 aliphatic rings. The minimum Gasteiger partial charge on any atom is -0.333 e. The zero-order chi connectivity index (χ0) is 15.3. The predicted octanol–water partition coefficient (Wildman–Crippen LogP) is 3.00. The van der Waals surface area contributed by atoms with Crippen LogP contribution in [0.25, 0.3) is 0 Å². The Bertz CT molecular complexity index is 567. The van der Waals surface area contributed by atoms with Gasteiger partial charge in [-0.25, -0.2) is 0 Å². The maximum absolute atomic E-state index is 12.4. The molecule has 0 spiro atoms. The van der Waals surface area contributed by atoms with Gasteiger partial charge in [0.1, 0.15) is 5.69 Å². The van der Waals surface area contributed by atoms with Crippen LogP contribution in [0.3, 0.4) is 0 Å². The van der Waals surface area contributed by atoms with Crippen LogP contribution < -0.4 is 0 Å². The predicted molar refractivity (Wildman–Crippen MR) is 70.4 cm³/mol. The Hall–Kier alpha value is -2.31. The summed E-state index contributed by atoms with van der Waals surface area (Å²) in [6.07, 6.45) is -3.96. The average molecular weight is 297 g/mol. The molecule has 1 aromatic heterocycles. The summed E-state index contributed by atoms with van der Waals surface area (Å²) in [4.78, 5) is 13.4. The van der Waals surface area contributed by atoms with Crippen molar-refractivity contribution in [3.05, 3.63) is 53.9 Å². The molecular formula is C14H14F3N3O. The second kappa shape index (κ2) is 6.43. The van der Waals surface area contributed by atoms with Crippen molar-refractivity contribution in [3.8, 4) is 0 Å². The molecule has 21 heavy (non-hydrogen) atoms. The molecule has 0 atom stereocenters. The molecule has 1 aromatic carbocycles. The molecule has 2 aromatic rings. The Balaban J connectivity index is 2.12. The van der Waals surface area contributed by atoms with Gasteiger partial charge in [0.25, 0.3) is 5.91 Å². The SMILES string of the molecule is O=C(c1ccn[nH]1)N(CCC(F)(F)F)Cc1ccccc1. The molecule has 0 fully saturated rings. The molecule has 0 aliphatic carbocycles. The van der Waals surface area contributed by atoms with E-state index in [4.69, 9.17) is 0 Å². The summed E-state index contributed by atoms with van der Waals surface area (Å²) >= 11 is 0. The van der Waals surface area contributed by atoms with Crippen molar-refractivity contribution in [3.63, 3.8) is 0 Å². The molecule has 4 nitrogen and oxygen atoms in total. The lowest BCUT2D eigenvalue weighted by Crippen LogP contribution is -2.34. The van der Waals surface area contributed by atoms with Crippen LogP contribution in [-0.2, 0) is 6.54 Å². The van der Waals surface area contributed by atoms with Gasteiger partial charge in [-0.05, 0) is 11.6 Å². The average Bonchev–Trinajstić information content (AvgIpc) is 2.97. The van der Waals surface area contributed by atoms with Gasteiger partial charge >= 0.3 is 6.18 Å². The van der Waals surface area contributed by atoms with Gasteiger partial charge in [0.05, 0.1) is 6.42 Å². The van der Waals surface area contributed by atoms with Crippen molar-refractivity contribution in [2.75, 3.05) is 6.54 Å². The van der Waals surface area contributed by atoms with Crippen LogP contribution in [-0.4, -0.2) is 33.7 Å². The van der Waals surface area contributed by atoms with Gasteiger partial charge < -0.3 is 4.90 Å². The second-order valence-electron chi connectivity index (χ2n) is 4.55. The number of aromatic amines is 1. The second-order valence-corrected chi connectivity index (χ2v) is 4.55. The number of carbonyl (C=O) groups excluding carboxylic acids is 1. The van der Waals surface area contributed by atoms with Crippen LogP contribution >= 0.6 is 0 Å². The van der Waals surface area contributed by atoms with E-state index in [1.54, 1.807) is 30.3 Å². The van der Waals surface area contributed by atoms with E-state index in [1.165, 1.54) is 12.3 Å². The third-order valence-electron chi connectivity index (χ3n) is 2.90. The van der Waals surface area contributed by atoms with E-state index in [2.05, 4.69) is 10.2 Å². The van der Waals surface area contributed by atoms with E-state index >= 15 is 0 Å². The summed E-state index contributed by atoms with van der Waals surface area (Å²) < 4.78 is 37.2. The number of halogens is 3. The first kappa shape index (κ1) is 15.1. The number of alkyl halides is 3. The lowest BCUT2D eigenvalue weighted by atomic mass is 10.2. The number of hydrogen-bond donors (Lipinski definition) is 1. The Morgan fingerprint density at radius 1 is 1.19 bits per heavy atom. The molecule has 7 heteroatoms. The van der Waals surface area contributed by atoms with Crippen LogP contribution in [0.15, 0.2) is 42.6 Å². The first-order chi connectivity index (χ1) is 9.96. The molecule has 0 saturated carbocycles. The van der Waals surface area contributed by atoms with Gasteiger partial charge in [0.15, 0.2) is 0 Å². The molecule has 1 heterocycles. The minimum absolute atomic E-state index is 0.120. The number of hydrogen-bond acceptors (Lipinski definition) is 2. The summed E-state index contributed by atoms with van der Waals surface area (Å²) in [5, 5.41) is 6.12. The molecule has 1 N–H and O–H groups in total.